The van der Waals surface area contributed by atoms with Crippen LogP contribution in [0.2, 0.25) is 5.02 Å². The van der Waals surface area contributed by atoms with E-state index in [0.717, 1.165) is 47.2 Å². The first-order valence-electron chi connectivity index (χ1n) is 11.9. The number of halogens is 1. The number of hydrogen-bond acceptors (Lipinski definition) is 5. The highest BCUT2D eigenvalue weighted by molar-refractivity contribution is 6.30. The number of aromatic nitrogens is 1. The van der Waals surface area contributed by atoms with Crippen molar-refractivity contribution in [2.45, 2.75) is 26.1 Å². The van der Waals surface area contributed by atoms with Crippen LogP contribution in [0.15, 0.2) is 78.9 Å². The van der Waals surface area contributed by atoms with Crippen LogP contribution in [0.4, 0.5) is 0 Å². The summed E-state index contributed by atoms with van der Waals surface area (Å²) in [5, 5.41) is 4.11. The van der Waals surface area contributed by atoms with Gasteiger partial charge in [0.05, 0.1) is 11.1 Å². The number of amides is 1. The molecule has 1 N–H and O–H groups in total. The SMILES string of the molecule is O=C(COC(=O)c1c2c(nc3ccccc13)CCN(Cc1ccccc1)C2)NCc1cccc(Cl)c1. The van der Waals surface area contributed by atoms with Crippen molar-refractivity contribution in [3.63, 3.8) is 0 Å². The zero-order chi connectivity index (χ0) is 24.9. The molecule has 2 heterocycles. The molecule has 36 heavy (non-hydrogen) atoms. The molecular weight excluding hydrogens is 474 g/mol. The molecule has 0 bridgehead atoms. The number of ether oxygens (including phenoxy) is 1. The van der Waals surface area contributed by atoms with Gasteiger partial charge in [-0.25, -0.2) is 4.79 Å². The van der Waals surface area contributed by atoms with E-state index < -0.39 is 5.97 Å². The van der Waals surface area contributed by atoms with E-state index in [1.54, 1.807) is 12.1 Å². The third-order valence-corrected chi connectivity index (χ3v) is 6.53. The monoisotopic (exact) mass is 499 g/mol. The zero-order valence-electron chi connectivity index (χ0n) is 19.7. The van der Waals surface area contributed by atoms with E-state index in [0.29, 0.717) is 23.7 Å². The number of para-hydroxylation sites is 1. The molecule has 4 aromatic rings. The highest BCUT2D eigenvalue weighted by Gasteiger charge is 2.27. The van der Waals surface area contributed by atoms with Crippen molar-refractivity contribution in [3.05, 3.63) is 112 Å². The molecule has 1 aliphatic rings. The van der Waals surface area contributed by atoms with Crippen LogP contribution in [0, 0.1) is 0 Å². The van der Waals surface area contributed by atoms with Crippen molar-refractivity contribution in [2.24, 2.45) is 0 Å². The normalized spacial score (nSPS) is 13.2. The van der Waals surface area contributed by atoms with Gasteiger partial charge in [-0.3, -0.25) is 14.7 Å². The number of carbonyl (C=O) groups excluding carboxylic acids is 2. The molecule has 0 atom stereocenters. The number of carbonyl (C=O) groups is 2. The predicted octanol–water partition coefficient (Wildman–Crippen LogP) is 4.92. The van der Waals surface area contributed by atoms with E-state index in [2.05, 4.69) is 22.3 Å². The molecule has 1 aromatic heterocycles. The van der Waals surface area contributed by atoms with E-state index >= 15 is 0 Å². The second kappa shape index (κ2) is 10.9. The van der Waals surface area contributed by atoms with E-state index in [1.165, 1.54) is 5.56 Å². The van der Waals surface area contributed by atoms with Gasteiger partial charge >= 0.3 is 5.97 Å². The van der Waals surface area contributed by atoms with Crippen LogP contribution in [0.3, 0.4) is 0 Å². The zero-order valence-corrected chi connectivity index (χ0v) is 20.5. The molecule has 5 rings (SSSR count). The standard InChI is InChI=1S/C29H26ClN3O3/c30-22-10-6-9-21(15-22)16-31-27(34)19-36-29(35)28-23-11-4-5-12-25(23)32-26-13-14-33(18-24(26)28)17-20-7-2-1-3-8-20/h1-12,15H,13-14,16-19H2,(H,31,34). The van der Waals surface area contributed by atoms with Gasteiger partial charge in [0, 0.05) is 54.3 Å². The molecule has 6 nitrogen and oxygen atoms in total. The molecule has 7 heteroatoms. The Bertz CT molecular complexity index is 1410. The Balaban J connectivity index is 1.33. The topological polar surface area (TPSA) is 71.5 Å². The van der Waals surface area contributed by atoms with Gasteiger partial charge in [-0.2, -0.15) is 0 Å². The molecule has 0 fully saturated rings. The summed E-state index contributed by atoms with van der Waals surface area (Å²) in [6.45, 7) is 2.17. The minimum atomic E-state index is -0.510. The average molecular weight is 500 g/mol. The Morgan fingerprint density at radius 3 is 2.58 bits per heavy atom. The van der Waals surface area contributed by atoms with Crippen LogP contribution in [0.25, 0.3) is 10.9 Å². The van der Waals surface area contributed by atoms with Crippen molar-refractivity contribution < 1.29 is 14.3 Å². The minimum Gasteiger partial charge on any atom is -0.452 e. The Hall–Kier alpha value is -3.74. The largest absolute Gasteiger partial charge is 0.452 e. The quantitative estimate of drug-likeness (QED) is 0.365. The first-order chi connectivity index (χ1) is 17.6. The summed E-state index contributed by atoms with van der Waals surface area (Å²) in [4.78, 5) is 32.9. The van der Waals surface area contributed by atoms with Gasteiger partial charge in [0.2, 0.25) is 0 Å². The Morgan fingerprint density at radius 1 is 0.972 bits per heavy atom. The first-order valence-corrected chi connectivity index (χ1v) is 12.3. The lowest BCUT2D eigenvalue weighted by Gasteiger charge is -2.30. The second-order valence-corrected chi connectivity index (χ2v) is 9.29. The second-order valence-electron chi connectivity index (χ2n) is 8.86. The molecule has 0 radical (unpaired) electrons. The molecule has 3 aromatic carbocycles. The van der Waals surface area contributed by atoms with Crippen molar-refractivity contribution in [1.29, 1.82) is 0 Å². The third-order valence-electron chi connectivity index (χ3n) is 6.29. The average Bonchev–Trinajstić information content (AvgIpc) is 2.90. The van der Waals surface area contributed by atoms with E-state index in [-0.39, 0.29) is 12.5 Å². The maximum atomic E-state index is 13.4. The summed E-state index contributed by atoms with van der Waals surface area (Å²) in [6.07, 6.45) is 0.743. The van der Waals surface area contributed by atoms with Crippen LogP contribution in [-0.4, -0.2) is 34.9 Å². The molecule has 182 valence electrons. The molecule has 0 saturated carbocycles. The summed E-state index contributed by atoms with van der Waals surface area (Å²) in [5.41, 5.74) is 5.13. The van der Waals surface area contributed by atoms with Crippen molar-refractivity contribution in [1.82, 2.24) is 15.2 Å². The molecule has 0 saturated heterocycles. The summed E-state index contributed by atoms with van der Waals surface area (Å²) >= 11 is 6.00. The maximum Gasteiger partial charge on any atom is 0.339 e. The summed E-state index contributed by atoms with van der Waals surface area (Å²) in [6, 6.07) is 25.1. The summed E-state index contributed by atoms with van der Waals surface area (Å²) in [7, 11) is 0. The molecule has 1 amide bonds. The third kappa shape index (κ3) is 5.56. The van der Waals surface area contributed by atoms with Gasteiger partial charge in [-0.15, -0.1) is 0 Å². The fourth-order valence-corrected chi connectivity index (χ4v) is 4.77. The van der Waals surface area contributed by atoms with Crippen molar-refractivity contribution >= 4 is 34.4 Å². The van der Waals surface area contributed by atoms with Crippen molar-refractivity contribution in [2.75, 3.05) is 13.2 Å². The fourth-order valence-electron chi connectivity index (χ4n) is 4.56. The maximum absolute atomic E-state index is 13.4. The van der Waals surface area contributed by atoms with Gasteiger partial charge in [0.1, 0.15) is 0 Å². The number of fused-ring (bicyclic) bond motifs is 2. The first kappa shape index (κ1) is 24.0. The van der Waals surface area contributed by atoms with Crippen molar-refractivity contribution in [3.8, 4) is 0 Å². The van der Waals surface area contributed by atoms with Gasteiger partial charge in [0.25, 0.3) is 5.91 Å². The van der Waals surface area contributed by atoms with Crippen LogP contribution in [0.1, 0.15) is 32.7 Å². The lowest BCUT2D eigenvalue weighted by molar-refractivity contribution is -0.124. The highest BCUT2D eigenvalue weighted by atomic mass is 35.5. The van der Waals surface area contributed by atoms with Crippen LogP contribution >= 0.6 is 11.6 Å². The van der Waals surface area contributed by atoms with Crippen LogP contribution < -0.4 is 5.32 Å². The Labute approximate surface area is 214 Å². The number of nitrogens with zero attached hydrogens (tertiary/aromatic N) is 2. The molecule has 1 aliphatic heterocycles. The van der Waals surface area contributed by atoms with E-state index in [4.69, 9.17) is 21.3 Å². The Morgan fingerprint density at radius 2 is 1.75 bits per heavy atom. The predicted molar refractivity (Wildman–Crippen MR) is 140 cm³/mol. The number of nitrogens with one attached hydrogen (secondary N) is 1. The van der Waals surface area contributed by atoms with Crippen LogP contribution in [0.5, 0.6) is 0 Å². The van der Waals surface area contributed by atoms with E-state index in [9.17, 15) is 9.59 Å². The summed E-state index contributed by atoms with van der Waals surface area (Å²) in [5.74, 6) is -0.884. The highest BCUT2D eigenvalue weighted by Crippen LogP contribution is 2.29. The number of rotatable bonds is 7. The number of pyridine rings is 1. The number of esters is 1. The minimum absolute atomic E-state index is 0.305. The lowest BCUT2D eigenvalue weighted by atomic mass is 9.95. The molecule has 0 aliphatic carbocycles. The Kier molecular flexibility index (Phi) is 7.26. The molecule has 0 unspecified atom stereocenters. The molecule has 0 spiro atoms. The number of hydrogen-bond donors (Lipinski definition) is 1. The van der Waals surface area contributed by atoms with E-state index in [1.807, 2.05) is 54.6 Å². The summed E-state index contributed by atoms with van der Waals surface area (Å²) < 4.78 is 5.51. The lowest BCUT2D eigenvalue weighted by Crippen LogP contribution is -2.33. The molecular formula is C29H26ClN3O3. The number of benzene rings is 3. The van der Waals surface area contributed by atoms with Gasteiger partial charge in [0.15, 0.2) is 6.61 Å². The van der Waals surface area contributed by atoms with Gasteiger partial charge < -0.3 is 10.1 Å². The van der Waals surface area contributed by atoms with Crippen LogP contribution in [-0.2, 0) is 35.6 Å². The van der Waals surface area contributed by atoms with Gasteiger partial charge in [-0.1, -0.05) is 72.3 Å². The smallest absolute Gasteiger partial charge is 0.339 e. The fraction of sp³-hybridized carbons (Fsp3) is 0.207. The van der Waals surface area contributed by atoms with Gasteiger partial charge in [-0.05, 0) is 29.3 Å².